The summed E-state index contributed by atoms with van der Waals surface area (Å²) in [5.74, 6) is 1.23. The number of piperidine rings is 2. The Labute approximate surface area is 121 Å². The van der Waals surface area contributed by atoms with Gasteiger partial charge in [-0.15, -0.1) is 0 Å². The number of amides is 2. The Morgan fingerprint density at radius 1 is 1.45 bits per heavy atom. The van der Waals surface area contributed by atoms with E-state index in [0.29, 0.717) is 24.8 Å². The third-order valence-electron chi connectivity index (χ3n) is 4.38. The Morgan fingerprint density at radius 2 is 2.25 bits per heavy atom. The molecule has 2 heterocycles. The second kappa shape index (κ2) is 7.07. The predicted octanol–water partition coefficient (Wildman–Crippen LogP) is 0.749. The molecule has 2 rings (SSSR count). The first-order valence-corrected chi connectivity index (χ1v) is 7.85. The molecule has 20 heavy (non-hydrogen) atoms. The van der Waals surface area contributed by atoms with Gasteiger partial charge in [-0.1, -0.05) is 13.8 Å². The molecule has 5 heteroatoms. The zero-order chi connectivity index (χ0) is 14.5. The normalized spacial score (nSPS) is 26.6. The molecule has 2 N–H and O–H groups in total. The maximum absolute atomic E-state index is 12.1. The van der Waals surface area contributed by atoms with E-state index < -0.39 is 0 Å². The average molecular weight is 281 g/mol. The minimum Gasteiger partial charge on any atom is -0.355 e. The monoisotopic (exact) mass is 281 g/mol. The molecule has 0 radical (unpaired) electrons. The first-order chi connectivity index (χ1) is 9.58. The molecule has 0 aromatic rings. The summed E-state index contributed by atoms with van der Waals surface area (Å²) in [5, 5.41) is 6.31. The molecule has 2 unspecified atom stereocenters. The fraction of sp³-hybridized carbons (Fsp3) is 0.867. The lowest BCUT2D eigenvalue weighted by molar-refractivity contribution is -0.143. The molecule has 0 aromatic carbocycles. The lowest BCUT2D eigenvalue weighted by Crippen LogP contribution is -2.57. The standard InChI is InChI=1S/C15H27N3O2/c1-11(2)5-8-17-14(19)10-18-13-6-7-16-9-12(13)3-4-15(18)20/h11-13,16H,3-10H2,1-2H3,(H,17,19). The minimum absolute atomic E-state index is 0.0156. The number of carbonyl (C=O) groups is 2. The lowest BCUT2D eigenvalue weighted by atomic mass is 9.84. The van der Waals surface area contributed by atoms with Gasteiger partial charge in [0, 0.05) is 19.0 Å². The SMILES string of the molecule is CC(C)CCNC(=O)CN1C(=O)CCC2CNCCC21. The van der Waals surface area contributed by atoms with Gasteiger partial charge in [0.15, 0.2) is 0 Å². The van der Waals surface area contributed by atoms with E-state index in [4.69, 9.17) is 0 Å². The van der Waals surface area contributed by atoms with E-state index in [9.17, 15) is 9.59 Å². The van der Waals surface area contributed by atoms with Gasteiger partial charge in [0.05, 0.1) is 6.54 Å². The van der Waals surface area contributed by atoms with Gasteiger partial charge in [-0.05, 0) is 44.2 Å². The molecule has 0 bridgehead atoms. The van der Waals surface area contributed by atoms with Crippen LogP contribution in [0, 0.1) is 11.8 Å². The van der Waals surface area contributed by atoms with Crippen LogP contribution in [0.1, 0.15) is 39.5 Å². The molecule has 2 saturated heterocycles. The summed E-state index contributed by atoms with van der Waals surface area (Å²) in [7, 11) is 0. The van der Waals surface area contributed by atoms with Gasteiger partial charge >= 0.3 is 0 Å². The van der Waals surface area contributed by atoms with Crippen LogP contribution < -0.4 is 10.6 Å². The summed E-state index contributed by atoms with van der Waals surface area (Å²) in [5.41, 5.74) is 0. The third-order valence-corrected chi connectivity index (χ3v) is 4.38. The third kappa shape index (κ3) is 3.95. The van der Waals surface area contributed by atoms with E-state index >= 15 is 0 Å². The van der Waals surface area contributed by atoms with Gasteiger partial charge in [0.1, 0.15) is 0 Å². The largest absolute Gasteiger partial charge is 0.355 e. The first-order valence-electron chi connectivity index (χ1n) is 7.85. The maximum Gasteiger partial charge on any atom is 0.239 e. The number of nitrogens with one attached hydrogen (secondary N) is 2. The van der Waals surface area contributed by atoms with Crippen LogP contribution in [-0.4, -0.2) is 48.9 Å². The summed E-state index contributed by atoms with van der Waals surface area (Å²) in [4.78, 5) is 25.9. The molecule has 0 aromatic heterocycles. The fourth-order valence-electron chi connectivity index (χ4n) is 3.17. The first kappa shape index (κ1) is 15.3. The van der Waals surface area contributed by atoms with Crippen molar-refractivity contribution < 1.29 is 9.59 Å². The van der Waals surface area contributed by atoms with Crippen molar-refractivity contribution in [2.24, 2.45) is 11.8 Å². The molecule has 0 spiro atoms. The van der Waals surface area contributed by atoms with Crippen LogP contribution in [0.15, 0.2) is 0 Å². The quantitative estimate of drug-likeness (QED) is 0.782. The summed E-state index contributed by atoms with van der Waals surface area (Å²) in [6.07, 6.45) is 3.50. The molecule has 2 aliphatic heterocycles. The van der Waals surface area contributed by atoms with E-state index in [-0.39, 0.29) is 24.4 Å². The number of hydrogen-bond donors (Lipinski definition) is 2. The Hall–Kier alpha value is -1.10. The van der Waals surface area contributed by atoms with Crippen molar-refractivity contribution in [1.29, 1.82) is 0 Å². The highest BCUT2D eigenvalue weighted by Gasteiger charge is 2.37. The second-order valence-corrected chi connectivity index (χ2v) is 6.41. The van der Waals surface area contributed by atoms with E-state index in [0.717, 1.165) is 32.4 Å². The van der Waals surface area contributed by atoms with Crippen LogP contribution in [0.2, 0.25) is 0 Å². The van der Waals surface area contributed by atoms with Crippen LogP contribution in [-0.2, 0) is 9.59 Å². The van der Waals surface area contributed by atoms with Gasteiger partial charge in [-0.25, -0.2) is 0 Å². The molecular weight excluding hydrogens is 254 g/mol. The van der Waals surface area contributed by atoms with Crippen LogP contribution in [0.25, 0.3) is 0 Å². The molecule has 2 aliphatic rings. The van der Waals surface area contributed by atoms with Crippen molar-refractivity contribution >= 4 is 11.8 Å². The van der Waals surface area contributed by atoms with Crippen molar-refractivity contribution in [3.63, 3.8) is 0 Å². The van der Waals surface area contributed by atoms with E-state index in [2.05, 4.69) is 24.5 Å². The Bertz CT molecular complexity index is 357. The topological polar surface area (TPSA) is 61.4 Å². The van der Waals surface area contributed by atoms with Gasteiger partial charge < -0.3 is 15.5 Å². The summed E-state index contributed by atoms with van der Waals surface area (Å²) in [6.45, 7) is 7.13. The van der Waals surface area contributed by atoms with Crippen LogP contribution in [0.5, 0.6) is 0 Å². The second-order valence-electron chi connectivity index (χ2n) is 6.41. The molecule has 2 fully saturated rings. The van der Waals surface area contributed by atoms with E-state index in [1.807, 2.05) is 4.90 Å². The van der Waals surface area contributed by atoms with Crippen molar-refractivity contribution in [3.8, 4) is 0 Å². The highest BCUT2D eigenvalue weighted by Crippen LogP contribution is 2.28. The van der Waals surface area contributed by atoms with Crippen LogP contribution >= 0.6 is 0 Å². The molecular formula is C15H27N3O2. The fourth-order valence-corrected chi connectivity index (χ4v) is 3.17. The molecule has 2 atom stereocenters. The predicted molar refractivity (Wildman–Crippen MR) is 78.2 cm³/mol. The van der Waals surface area contributed by atoms with Gasteiger partial charge in [0.25, 0.3) is 0 Å². The Balaban J connectivity index is 1.85. The van der Waals surface area contributed by atoms with Crippen molar-refractivity contribution in [3.05, 3.63) is 0 Å². The number of likely N-dealkylation sites (tertiary alicyclic amines) is 1. The summed E-state index contributed by atoms with van der Waals surface area (Å²) in [6, 6.07) is 0.258. The van der Waals surface area contributed by atoms with E-state index in [1.54, 1.807) is 0 Å². The van der Waals surface area contributed by atoms with E-state index in [1.165, 1.54) is 0 Å². The number of rotatable bonds is 5. The Kier molecular flexibility index (Phi) is 5.40. The van der Waals surface area contributed by atoms with Gasteiger partial charge in [-0.2, -0.15) is 0 Å². The van der Waals surface area contributed by atoms with Crippen molar-refractivity contribution in [2.45, 2.75) is 45.6 Å². The highest BCUT2D eigenvalue weighted by molar-refractivity contribution is 5.85. The molecule has 0 aliphatic carbocycles. The summed E-state index contributed by atoms with van der Waals surface area (Å²) < 4.78 is 0. The number of hydrogen-bond acceptors (Lipinski definition) is 3. The smallest absolute Gasteiger partial charge is 0.239 e. The molecule has 2 amide bonds. The van der Waals surface area contributed by atoms with Crippen LogP contribution in [0.4, 0.5) is 0 Å². The molecule has 0 saturated carbocycles. The van der Waals surface area contributed by atoms with Crippen LogP contribution in [0.3, 0.4) is 0 Å². The van der Waals surface area contributed by atoms with Gasteiger partial charge in [-0.3, -0.25) is 9.59 Å². The van der Waals surface area contributed by atoms with Crippen molar-refractivity contribution in [2.75, 3.05) is 26.2 Å². The zero-order valence-corrected chi connectivity index (χ0v) is 12.7. The highest BCUT2D eigenvalue weighted by atomic mass is 16.2. The summed E-state index contributed by atoms with van der Waals surface area (Å²) >= 11 is 0. The maximum atomic E-state index is 12.1. The molecule has 114 valence electrons. The minimum atomic E-state index is -0.0156. The molecule has 5 nitrogen and oxygen atoms in total. The average Bonchev–Trinajstić information content (AvgIpc) is 2.41. The number of nitrogens with zero attached hydrogens (tertiary/aromatic N) is 1. The van der Waals surface area contributed by atoms with Gasteiger partial charge in [0.2, 0.25) is 11.8 Å². The number of carbonyl (C=O) groups excluding carboxylic acids is 2. The lowest BCUT2D eigenvalue weighted by Gasteiger charge is -2.43. The Morgan fingerprint density at radius 3 is 3.00 bits per heavy atom. The number of fused-ring (bicyclic) bond motifs is 1. The van der Waals surface area contributed by atoms with Crippen molar-refractivity contribution in [1.82, 2.24) is 15.5 Å². The zero-order valence-electron chi connectivity index (χ0n) is 12.7.